The number of hydrazone groups is 1. The molecule has 0 aromatic carbocycles. The fourth-order valence-corrected chi connectivity index (χ4v) is 4.55. The molecular weight excluding hydrogens is 480 g/mol. The van der Waals surface area contributed by atoms with Crippen molar-refractivity contribution < 1.29 is 14.3 Å². The summed E-state index contributed by atoms with van der Waals surface area (Å²) in [6, 6.07) is 1.94. The quantitative estimate of drug-likeness (QED) is 0.106. The van der Waals surface area contributed by atoms with E-state index >= 15 is 0 Å². The van der Waals surface area contributed by atoms with E-state index < -0.39 is 0 Å². The zero-order valence-electron chi connectivity index (χ0n) is 23.9. The summed E-state index contributed by atoms with van der Waals surface area (Å²) in [7, 11) is 0. The smallest absolute Gasteiger partial charge is 0.407 e. The molecule has 2 N–H and O–H groups in total. The molecule has 2 rings (SSSR count). The van der Waals surface area contributed by atoms with Crippen LogP contribution in [0.25, 0.3) is 0 Å². The van der Waals surface area contributed by atoms with E-state index in [-0.39, 0.29) is 41.3 Å². The van der Waals surface area contributed by atoms with Crippen molar-refractivity contribution in [3.8, 4) is 12.3 Å². The topological polar surface area (TPSA) is 101 Å². The van der Waals surface area contributed by atoms with Crippen LogP contribution in [0.3, 0.4) is 0 Å². The second-order valence-electron chi connectivity index (χ2n) is 11.3. The normalized spacial score (nSPS) is 17.1. The first-order valence-electron chi connectivity index (χ1n) is 13.7. The molecule has 1 aliphatic rings. The van der Waals surface area contributed by atoms with Crippen molar-refractivity contribution in [2.24, 2.45) is 5.10 Å². The van der Waals surface area contributed by atoms with Crippen LogP contribution >= 0.6 is 0 Å². The van der Waals surface area contributed by atoms with E-state index in [1.165, 1.54) is 0 Å². The average molecular weight is 527 g/mol. The fourth-order valence-electron chi connectivity index (χ4n) is 4.55. The number of terminal acetylenes is 1. The Kier molecular flexibility index (Phi) is 11.9. The molecule has 0 radical (unpaired) electrons. The van der Waals surface area contributed by atoms with Crippen molar-refractivity contribution in [2.45, 2.75) is 116 Å². The lowest BCUT2D eigenvalue weighted by Gasteiger charge is -2.24. The Morgan fingerprint density at radius 2 is 1.95 bits per heavy atom. The molecule has 0 bridgehead atoms. The molecule has 0 aliphatic heterocycles. The van der Waals surface area contributed by atoms with Crippen LogP contribution in [0.4, 0.5) is 10.6 Å². The van der Waals surface area contributed by atoms with Crippen LogP contribution in [0.1, 0.15) is 104 Å². The third-order valence-electron chi connectivity index (χ3n) is 6.52. The molecular formula is C29H46N6O3. The Hall–Kier alpha value is -3.28. The summed E-state index contributed by atoms with van der Waals surface area (Å²) in [4.78, 5) is 25.1. The van der Waals surface area contributed by atoms with Gasteiger partial charge in [0.1, 0.15) is 17.6 Å². The molecule has 1 aliphatic carbocycles. The minimum absolute atomic E-state index is 0.0274. The number of carbonyl (C=O) groups excluding carboxylic acids is 2. The second-order valence-corrected chi connectivity index (χ2v) is 11.3. The first-order valence-corrected chi connectivity index (χ1v) is 13.7. The SMILES string of the molecule is C#CCCCCCCCN(N=C)C(=C)C(=O)Nc1cc(C2CCC(OC(=O)NC(C)C)C2)nn1C(C)(C)C. The summed E-state index contributed by atoms with van der Waals surface area (Å²) in [5.74, 6) is 3.05. The molecule has 1 aromatic heterocycles. The van der Waals surface area contributed by atoms with Crippen LogP contribution < -0.4 is 10.6 Å². The maximum absolute atomic E-state index is 13.1. The van der Waals surface area contributed by atoms with E-state index in [1.807, 2.05) is 45.4 Å². The maximum Gasteiger partial charge on any atom is 0.407 e. The average Bonchev–Trinajstić information content (AvgIpc) is 3.47. The van der Waals surface area contributed by atoms with Crippen LogP contribution in [0.5, 0.6) is 0 Å². The summed E-state index contributed by atoms with van der Waals surface area (Å²) >= 11 is 0. The van der Waals surface area contributed by atoms with E-state index in [0.717, 1.165) is 57.1 Å². The Bertz CT molecular complexity index is 1000. The molecule has 2 unspecified atom stereocenters. The Balaban J connectivity index is 2.01. The molecule has 210 valence electrons. The van der Waals surface area contributed by atoms with Gasteiger partial charge in [-0.3, -0.25) is 9.80 Å². The Labute approximate surface area is 228 Å². The first-order chi connectivity index (χ1) is 18.0. The van der Waals surface area contributed by atoms with E-state index in [0.29, 0.717) is 18.8 Å². The van der Waals surface area contributed by atoms with Crippen LogP contribution in [0.15, 0.2) is 23.4 Å². The number of aromatic nitrogens is 2. The number of anilines is 1. The molecule has 2 amide bonds. The lowest BCUT2D eigenvalue weighted by molar-refractivity contribution is -0.114. The number of ether oxygens (including phenoxy) is 1. The van der Waals surface area contributed by atoms with Crippen molar-refractivity contribution in [3.63, 3.8) is 0 Å². The van der Waals surface area contributed by atoms with Gasteiger partial charge in [-0.15, -0.1) is 12.3 Å². The summed E-state index contributed by atoms with van der Waals surface area (Å²) in [6.45, 7) is 18.1. The zero-order chi connectivity index (χ0) is 28.3. The van der Waals surface area contributed by atoms with Crippen molar-refractivity contribution >= 4 is 24.5 Å². The predicted octanol–water partition coefficient (Wildman–Crippen LogP) is 5.75. The highest BCUT2D eigenvalue weighted by atomic mass is 16.6. The number of amides is 2. The highest BCUT2D eigenvalue weighted by Crippen LogP contribution is 2.37. The molecule has 1 fully saturated rings. The Morgan fingerprint density at radius 3 is 2.58 bits per heavy atom. The van der Waals surface area contributed by atoms with Gasteiger partial charge in [0.25, 0.3) is 5.91 Å². The van der Waals surface area contributed by atoms with Gasteiger partial charge in [-0.2, -0.15) is 10.2 Å². The summed E-state index contributed by atoms with van der Waals surface area (Å²) < 4.78 is 7.41. The number of nitrogens with one attached hydrogen (secondary N) is 2. The fraction of sp³-hybridized carbons (Fsp3) is 0.655. The van der Waals surface area contributed by atoms with Crippen LogP contribution in [-0.2, 0) is 15.1 Å². The summed E-state index contributed by atoms with van der Waals surface area (Å²) in [5, 5.41) is 16.2. The van der Waals surface area contributed by atoms with Gasteiger partial charge in [-0.1, -0.05) is 25.8 Å². The van der Waals surface area contributed by atoms with Gasteiger partial charge in [0, 0.05) is 37.7 Å². The van der Waals surface area contributed by atoms with Crippen molar-refractivity contribution in [2.75, 3.05) is 11.9 Å². The van der Waals surface area contributed by atoms with Crippen LogP contribution in [0.2, 0.25) is 0 Å². The highest BCUT2D eigenvalue weighted by molar-refractivity contribution is 6.02. The second kappa shape index (κ2) is 14.6. The number of hydrogen-bond acceptors (Lipinski definition) is 6. The molecule has 9 nitrogen and oxygen atoms in total. The minimum Gasteiger partial charge on any atom is -0.446 e. The van der Waals surface area contributed by atoms with Gasteiger partial charge in [-0.25, -0.2) is 9.48 Å². The van der Waals surface area contributed by atoms with Crippen molar-refractivity contribution in [1.82, 2.24) is 20.1 Å². The van der Waals surface area contributed by atoms with Crippen molar-refractivity contribution in [1.29, 1.82) is 0 Å². The molecule has 1 saturated carbocycles. The molecule has 38 heavy (non-hydrogen) atoms. The third kappa shape index (κ3) is 9.55. The standard InChI is InChI=1S/C29H46N6O3/c1-9-10-11-12-13-14-15-18-34(30-8)22(4)27(36)32-26-20-25(33-35(26)29(5,6)7)23-16-17-24(19-23)38-28(37)31-21(2)3/h1,20-21,23-24H,4,8,10-19H2,2-3,5-7H3,(H,31,37)(H,32,36). The van der Waals surface area contributed by atoms with E-state index in [4.69, 9.17) is 16.3 Å². The van der Waals surface area contributed by atoms with Gasteiger partial charge in [0.15, 0.2) is 0 Å². The van der Waals surface area contributed by atoms with Crippen LogP contribution in [0, 0.1) is 12.3 Å². The first kappa shape index (κ1) is 30.9. The Morgan fingerprint density at radius 1 is 1.26 bits per heavy atom. The zero-order valence-corrected chi connectivity index (χ0v) is 23.9. The van der Waals surface area contributed by atoms with Gasteiger partial charge in [-0.05, 0) is 66.7 Å². The van der Waals surface area contributed by atoms with E-state index in [9.17, 15) is 9.59 Å². The monoisotopic (exact) mass is 526 g/mol. The van der Waals surface area contributed by atoms with Gasteiger partial charge < -0.3 is 15.4 Å². The minimum atomic E-state index is -0.387. The van der Waals surface area contributed by atoms with E-state index in [1.54, 1.807) is 5.01 Å². The summed E-state index contributed by atoms with van der Waals surface area (Å²) in [6.07, 6.45) is 13.0. The molecule has 0 spiro atoms. The lowest BCUT2D eigenvalue weighted by Crippen LogP contribution is -2.33. The number of rotatable bonds is 14. The predicted molar refractivity (Wildman–Crippen MR) is 153 cm³/mol. The summed E-state index contributed by atoms with van der Waals surface area (Å²) in [5.41, 5.74) is 0.754. The molecule has 2 atom stereocenters. The maximum atomic E-state index is 13.1. The number of hydrogen-bond donors (Lipinski definition) is 2. The number of alkyl carbamates (subject to hydrolysis) is 1. The molecule has 0 saturated heterocycles. The van der Waals surface area contributed by atoms with E-state index in [2.05, 4.69) is 35.0 Å². The largest absolute Gasteiger partial charge is 0.446 e. The number of carbonyl (C=O) groups is 2. The number of nitrogens with zero attached hydrogens (tertiary/aromatic N) is 4. The van der Waals surface area contributed by atoms with Gasteiger partial charge in [0.05, 0.1) is 11.2 Å². The van der Waals surface area contributed by atoms with Crippen molar-refractivity contribution in [3.05, 3.63) is 24.0 Å². The molecule has 9 heteroatoms. The number of unbranched alkanes of at least 4 members (excludes halogenated alkanes) is 5. The van der Waals surface area contributed by atoms with Crippen LogP contribution in [-0.4, -0.2) is 52.2 Å². The van der Waals surface area contributed by atoms with Gasteiger partial charge in [0.2, 0.25) is 0 Å². The lowest BCUT2D eigenvalue weighted by atomic mass is 10.0. The highest BCUT2D eigenvalue weighted by Gasteiger charge is 2.32. The molecule has 1 aromatic rings. The van der Waals surface area contributed by atoms with Gasteiger partial charge >= 0.3 is 6.09 Å². The molecule has 1 heterocycles. The third-order valence-corrected chi connectivity index (χ3v) is 6.52.